The number of piperidine rings is 1. The van der Waals surface area contributed by atoms with Gasteiger partial charge in [-0.2, -0.15) is 0 Å². The topological polar surface area (TPSA) is 128 Å². The molecule has 0 unspecified atom stereocenters. The lowest BCUT2D eigenvalue weighted by molar-refractivity contribution is -0.143. The van der Waals surface area contributed by atoms with E-state index in [1.54, 1.807) is 9.80 Å². The van der Waals surface area contributed by atoms with E-state index in [-0.39, 0.29) is 36.9 Å². The van der Waals surface area contributed by atoms with Crippen molar-refractivity contribution in [3.8, 4) is 0 Å². The Balaban J connectivity index is 1.49. The molecule has 0 aliphatic carbocycles. The third kappa shape index (κ3) is 6.37. The Labute approximate surface area is 206 Å². The lowest BCUT2D eigenvalue weighted by Crippen LogP contribution is -2.57. The van der Waals surface area contributed by atoms with Crippen LogP contribution in [0, 0.1) is 0 Å². The predicted octanol–water partition coefficient (Wildman–Crippen LogP) is -0.566. The van der Waals surface area contributed by atoms with Crippen LogP contribution in [0.2, 0.25) is 0 Å². The molecule has 5 rings (SSSR count). The van der Waals surface area contributed by atoms with Crippen molar-refractivity contribution in [1.82, 2.24) is 25.3 Å². The molecule has 0 radical (unpaired) electrons. The number of carbonyl (C=O) groups excluding carboxylic acids is 4. The fourth-order valence-corrected chi connectivity index (χ4v) is 5.40. The number of hydrogen-bond acceptors (Lipinski definition) is 6. The zero-order valence-electron chi connectivity index (χ0n) is 20.2. The molecule has 2 atom stereocenters. The van der Waals surface area contributed by atoms with Crippen molar-refractivity contribution < 1.29 is 19.2 Å². The number of amides is 4. The summed E-state index contributed by atoms with van der Waals surface area (Å²) in [6, 6.07) is 8.85. The minimum absolute atomic E-state index is 0.0506. The quantitative estimate of drug-likeness (QED) is 0.464. The summed E-state index contributed by atoms with van der Waals surface area (Å²) >= 11 is 0. The van der Waals surface area contributed by atoms with Gasteiger partial charge >= 0.3 is 0 Å². The maximum atomic E-state index is 13.7. The molecule has 0 saturated carbocycles. The van der Waals surface area contributed by atoms with Crippen molar-refractivity contribution in [3.63, 3.8) is 0 Å². The van der Waals surface area contributed by atoms with Crippen LogP contribution < -0.4 is 16.4 Å². The van der Waals surface area contributed by atoms with E-state index in [0.29, 0.717) is 32.7 Å². The SMILES string of the molecule is NC(=O)[C@@H]1CC(=O)N2CCC(CC2)N2CCC[C@H]2C(=O)N(CCNCc2ccccc2)CC(=O)N1. The highest BCUT2D eigenvalue weighted by Crippen LogP contribution is 2.27. The molecule has 4 fully saturated rings. The first kappa shape index (κ1) is 25.1. The Morgan fingerprint density at radius 1 is 1.06 bits per heavy atom. The third-order valence-electron chi connectivity index (χ3n) is 7.30. The standard InChI is InChI=1S/C25H36N6O4/c26-24(34)20-15-23(33)29-12-8-19(9-13-29)31-11-4-7-21(31)25(35)30(17-22(32)28-20)14-10-27-16-18-5-2-1-3-6-18/h1-3,5-6,19-21,27H,4,7-17H2,(H2,26,34)(H,28,32)/t20-,21-/m0/s1. The van der Waals surface area contributed by atoms with Crippen LogP contribution in [0.25, 0.3) is 0 Å². The van der Waals surface area contributed by atoms with E-state index >= 15 is 0 Å². The number of fused-ring (bicyclic) bond motifs is 9. The summed E-state index contributed by atoms with van der Waals surface area (Å²) in [6.45, 7) is 3.38. The molecule has 10 nitrogen and oxygen atoms in total. The summed E-state index contributed by atoms with van der Waals surface area (Å²) in [7, 11) is 0. The van der Waals surface area contributed by atoms with E-state index in [2.05, 4.69) is 15.5 Å². The van der Waals surface area contributed by atoms with Crippen LogP contribution in [-0.4, -0.2) is 95.7 Å². The number of nitrogens with one attached hydrogen (secondary N) is 2. The molecule has 0 spiro atoms. The van der Waals surface area contributed by atoms with Gasteiger partial charge in [-0.15, -0.1) is 0 Å². The van der Waals surface area contributed by atoms with Crippen LogP contribution in [0.4, 0.5) is 0 Å². The average molecular weight is 485 g/mol. The zero-order valence-corrected chi connectivity index (χ0v) is 20.2. The molecule has 4 N–H and O–H groups in total. The first-order valence-electron chi connectivity index (χ1n) is 12.6. The molecule has 0 aromatic heterocycles. The number of rotatable bonds is 6. The van der Waals surface area contributed by atoms with Crippen LogP contribution in [-0.2, 0) is 25.7 Å². The first-order chi connectivity index (χ1) is 16.9. The van der Waals surface area contributed by atoms with Gasteiger partial charge in [-0.3, -0.25) is 24.1 Å². The molecule has 4 aliphatic rings. The van der Waals surface area contributed by atoms with Crippen LogP contribution in [0.1, 0.15) is 37.7 Å². The second-order valence-corrected chi connectivity index (χ2v) is 9.66. The van der Waals surface area contributed by atoms with Gasteiger partial charge in [-0.05, 0) is 37.8 Å². The fourth-order valence-electron chi connectivity index (χ4n) is 5.40. The molecule has 1 aromatic rings. The van der Waals surface area contributed by atoms with Gasteiger partial charge < -0.3 is 26.2 Å². The smallest absolute Gasteiger partial charge is 0.240 e. The van der Waals surface area contributed by atoms with Crippen molar-refractivity contribution in [1.29, 1.82) is 0 Å². The summed E-state index contributed by atoms with van der Waals surface area (Å²) in [4.78, 5) is 56.9. The maximum absolute atomic E-state index is 13.7. The van der Waals surface area contributed by atoms with Gasteiger partial charge in [0.25, 0.3) is 0 Å². The van der Waals surface area contributed by atoms with Crippen molar-refractivity contribution in [3.05, 3.63) is 35.9 Å². The molecular weight excluding hydrogens is 448 g/mol. The normalized spacial score (nSPS) is 26.4. The van der Waals surface area contributed by atoms with Gasteiger partial charge in [0.15, 0.2) is 0 Å². The van der Waals surface area contributed by atoms with E-state index in [1.165, 1.54) is 0 Å². The molecule has 4 heterocycles. The van der Waals surface area contributed by atoms with Gasteiger partial charge in [0.1, 0.15) is 6.04 Å². The van der Waals surface area contributed by atoms with E-state index < -0.39 is 17.9 Å². The number of nitrogens with two attached hydrogens (primary N) is 1. The van der Waals surface area contributed by atoms with Gasteiger partial charge in [0.2, 0.25) is 23.6 Å². The number of carbonyl (C=O) groups is 4. The minimum Gasteiger partial charge on any atom is -0.368 e. The van der Waals surface area contributed by atoms with Crippen LogP contribution >= 0.6 is 0 Å². The summed E-state index contributed by atoms with van der Waals surface area (Å²) in [5.74, 6) is -1.47. The summed E-state index contributed by atoms with van der Waals surface area (Å²) in [5, 5.41) is 5.94. The van der Waals surface area contributed by atoms with E-state index in [0.717, 1.165) is 37.8 Å². The largest absolute Gasteiger partial charge is 0.368 e. The van der Waals surface area contributed by atoms with Crippen molar-refractivity contribution >= 4 is 23.6 Å². The third-order valence-corrected chi connectivity index (χ3v) is 7.30. The van der Waals surface area contributed by atoms with Gasteiger partial charge in [-0.1, -0.05) is 30.3 Å². The Kier molecular flexibility index (Phi) is 8.35. The second kappa shape index (κ2) is 11.6. The highest BCUT2D eigenvalue weighted by molar-refractivity contribution is 5.93. The minimum atomic E-state index is -1.09. The lowest BCUT2D eigenvalue weighted by Gasteiger charge is -2.40. The highest BCUT2D eigenvalue weighted by atomic mass is 16.2. The Morgan fingerprint density at radius 2 is 1.80 bits per heavy atom. The Bertz CT molecular complexity index is 918. The number of primary amides is 1. The Hall–Kier alpha value is -2.98. The summed E-state index contributed by atoms with van der Waals surface area (Å²) < 4.78 is 0. The monoisotopic (exact) mass is 484 g/mol. The van der Waals surface area contributed by atoms with Gasteiger partial charge in [-0.25, -0.2) is 0 Å². The van der Waals surface area contributed by atoms with Crippen LogP contribution in [0.3, 0.4) is 0 Å². The molecule has 1 aromatic carbocycles. The Morgan fingerprint density at radius 3 is 2.51 bits per heavy atom. The molecule has 2 bridgehead atoms. The zero-order chi connectivity index (χ0) is 24.8. The van der Waals surface area contributed by atoms with Gasteiger partial charge in [0.05, 0.1) is 19.0 Å². The van der Waals surface area contributed by atoms with Crippen molar-refractivity contribution in [2.24, 2.45) is 5.73 Å². The highest BCUT2D eigenvalue weighted by Gasteiger charge is 2.40. The van der Waals surface area contributed by atoms with Crippen LogP contribution in [0.5, 0.6) is 0 Å². The van der Waals surface area contributed by atoms with Crippen molar-refractivity contribution in [2.75, 3.05) is 39.3 Å². The fraction of sp³-hybridized carbons (Fsp3) is 0.600. The number of hydrogen-bond donors (Lipinski definition) is 3. The van der Waals surface area contributed by atoms with E-state index in [4.69, 9.17) is 5.73 Å². The average Bonchev–Trinajstić information content (AvgIpc) is 3.35. The van der Waals surface area contributed by atoms with Gasteiger partial charge in [0, 0.05) is 38.8 Å². The maximum Gasteiger partial charge on any atom is 0.240 e. The molecule has 190 valence electrons. The molecule has 35 heavy (non-hydrogen) atoms. The molecule has 4 aliphatic heterocycles. The molecule has 4 saturated heterocycles. The molecule has 4 amide bonds. The van der Waals surface area contributed by atoms with E-state index in [1.807, 2.05) is 30.3 Å². The predicted molar refractivity (Wildman–Crippen MR) is 130 cm³/mol. The summed E-state index contributed by atoms with van der Waals surface area (Å²) in [6.07, 6.45) is 3.12. The first-order valence-corrected chi connectivity index (χ1v) is 12.6. The van der Waals surface area contributed by atoms with E-state index in [9.17, 15) is 19.2 Å². The number of benzene rings is 1. The summed E-state index contributed by atoms with van der Waals surface area (Å²) in [5.41, 5.74) is 6.63. The molecule has 10 heteroatoms. The lowest BCUT2D eigenvalue weighted by atomic mass is 10.0. The van der Waals surface area contributed by atoms with Crippen molar-refractivity contribution in [2.45, 2.75) is 56.8 Å². The molecular formula is C25H36N6O4. The second-order valence-electron chi connectivity index (χ2n) is 9.66. The number of nitrogens with zero attached hydrogens (tertiary/aromatic N) is 3. The van der Waals surface area contributed by atoms with Crippen LogP contribution in [0.15, 0.2) is 30.3 Å².